The number of imidazole rings is 2. The highest BCUT2D eigenvalue weighted by atomic mass is 19.3. The largest absolute Gasteiger partial charge is 0.341 e. The van der Waals surface area contributed by atoms with Gasteiger partial charge in [-0.1, -0.05) is 30.3 Å². The van der Waals surface area contributed by atoms with Gasteiger partial charge in [0.05, 0.1) is 35.0 Å². The van der Waals surface area contributed by atoms with Gasteiger partial charge in [-0.3, -0.25) is 9.80 Å². The van der Waals surface area contributed by atoms with Gasteiger partial charge < -0.3 is 9.97 Å². The van der Waals surface area contributed by atoms with Crippen LogP contribution in [0.4, 0.5) is 8.78 Å². The van der Waals surface area contributed by atoms with Crippen molar-refractivity contribution in [2.24, 2.45) is 11.3 Å². The Morgan fingerprint density at radius 2 is 1.58 bits per heavy atom. The van der Waals surface area contributed by atoms with Crippen molar-refractivity contribution in [3.05, 3.63) is 83.6 Å². The van der Waals surface area contributed by atoms with Crippen LogP contribution in [0.2, 0.25) is 0 Å². The summed E-state index contributed by atoms with van der Waals surface area (Å²) in [5, 5.41) is 0. The third-order valence-corrected chi connectivity index (χ3v) is 11.9. The Labute approximate surface area is 260 Å². The van der Waals surface area contributed by atoms with Gasteiger partial charge >= 0.3 is 0 Å². The second-order valence-corrected chi connectivity index (χ2v) is 14.6. The maximum atomic E-state index is 16.2. The van der Waals surface area contributed by atoms with Gasteiger partial charge in [-0.25, -0.2) is 9.97 Å². The van der Waals surface area contributed by atoms with Crippen molar-refractivity contribution in [1.29, 1.82) is 0 Å². The van der Waals surface area contributed by atoms with Crippen molar-refractivity contribution in [1.82, 2.24) is 29.7 Å². The zero-order chi connectivity index (χ0) is 30.2. The summed E-state index contributed by atoms with van der Waals surface area (Å²) in [5.74, 6) is -0.489. The number of rotatable bonds is 4. The van der Waals surface area contributed by atoms with E-state index in [2.05, 4.69) is 39.9 Å². The number of fused-ring (bicyclic) bond motifs is 6. The minimum atomic E-state index is -3.10. The number of hydrogen-bond acceptors (Lipinski definition) is 4. The molecule has 5 aliphatic rings. The lowest BCUT2D eigenvalue weighted by atomic mass is 9.98. The number of nitrogens with zero attached hydrogens (tertiary/aromatic N) is 4. The van der Waals surface area contributed by atoms with Crippen LogP contribution in [-0.4, -0.2) is 56.4 Å². The standard InChI is InChI=1S/C37H36F2N6/c1-44-19-36(11-12-36)17-32(44)34-40-18-31(43-34)22-5-9-26-25-8-4-20(14-27(25)37(38,39)28(26)15-22)21-6-10-29-30(16-21)42-35(41-29)33-23-3-7-24(13-23)45(33)2/h4-6,8-10,14-16,18,23-24,32-33H,3,7,11-13,17,19H2,1-2H3,(H,40,43)(H,41,42). The molecule has 228 valence electrons. The van der Waals surface area contributed by atoms with E-state index in [-0.39, 0.29) is 17.2 Å². The van der Waals surface area contributed by atoms with Gasteiger partial charge in [0.15, 0.2) is 0 Å². The number of benzene rings is 3. The summed E-state index contributed by atoms with van der Waals surface area (Å²) in [6, 6.07) is 18.2. The number of H-pyrrole nitrogens is 2. The molecule has 4 fully saturated rings. The fourth-order valence-corrected chi connectivity index (χ4v) is 9.31. The summed E-state index contributed by atoms with van der Waals surface area (Å²) < 4.78 is 32.4. The molecule has 4 heterocycles. The molecular weight excluding hydrogens is 566 g/mol. The molecule has 2 saturated heterocycles. The van der Waals surface area contributed by atoms with Crippen molar-refractivity contribution in [2.45, 2.75) is 62.6 Å². The predicted octanol–water partition coefficient (Wildman–Crippen LogP) is 8.05. The lowest BCUT2D eigenvalue weighted by Gasteiger charge is -2.30. The van der Waals surface area contributed by atoms with Gasteiger partial charge in [0.2, 0.25) is 0 Å². The first-order valence-corrected chi connectivity index (χ1v) is 16.4. The van der Waals surface area contributed by atoms with E-state index < -0.39 is 5.92 Å². The second kappa shape index (κ2) is 8.89. The molecule has 0 amide bonds. The van der Waals surface area contributed by atoms with Crippen molar-refractivity contribution in [2.75, 3.05) is 20.6 Å². The lowest BCUT2D eigenvalue weighted by Crippen LogP contribution is -2.31. The summed E-state index contributed by atoms with van der Waals surface area (Å²) in [6.45, 7) is 1.11. The van der Waals surface area contributed by atoms with Gasteiger partial charge in [-0.15, -0.1) is 0 Å². The summed E-state index contributed by atoms with van der Waals surface area (Å²) in [5.41, 5.74) is 6.87. The first-order chi connectivity index (χ1) is 21.8. The van der Waals surface area contributed by atoms with Gasteiger partial charge in [0.1, 0.15) is 11.6 Å². The Kier molecular flexibility index (Phi) is 5.20. The van der Waals surface area contributed by atoms with E-state index in [1.807, 2.05) is 36.4 Å². The van der Waals surface area contributed by atoms with E-state index in [9.17, 15) is 0 Å². The quantitative estimate of drug-likeness (QED) is 0.219. The second-order valence-electron chi connectivity index (χ2n) is 14.6. The first kappa shape index (κ1) is 26.3. The average Bonchev–Trinajstić information content (AvgIpc) is 3.65. The number of aromatic nitrogens is 4. The normalized spacial score (nSPS) is 27.6. The maximum Gasteiger partial charge on any atom is 0.299 e. The summed E-state index contributed by atoms with van der Waals surface area (Å²) in [7, 11) is 4.37. The summed E-state index contributed by atoms with van der Waals surface area (Å²) in [6.07, 6.45) is 9.29. The number of hydrogen-bond donors (Lipinski definition) is 2. The molecule has 2 bridgehead atoms. The van der Waals surface area contributed by atoms with Crippen molar-refractivity contribution >= 4 is 11.0 Å². The molecule has 0 radical (unpaired) electrons. The number of piperidine rings is 1. The molecule has 6 nitrogen and oxygen atoms in total. The van der Waals surface area contributed by atoms with Crippen LogP contribution in [0.15, 0.2) is 60.8 Å². The van der Waals surface area contributed by atoms with Crippen LogP contribution in [0.1, 0.15) is 73.4 Å². The molecule has 2 aromatic heterocycles. The zero-order valence-corrected chi connectivity index (χ0v) is 25.6. The van der Waals surface area contributed by atoms with Crippen molar-refractivity contribution in [3.8, 4) is 33.5 Å². The van der Waals surface area contributed by atoms with E-state index in [0.717, 1.165) is 58.0 Å². The Balaban J connectivity index is 0.954. The Bertz CT molecular complexity index is 2020. The lowest BCUT2D eigenvalue weighted by molar-refractivity contribution is 0.0481. The molecule has 2 N–H and O–H groups in total. The fraction of sp³-hybridized carbons (Fsp3) is 0.405. The first-order valence-electron chi connectivity index (χ1n) is 16.4. The topological polar surface area (TPSA) is 63.8 Å². The predicted molar refractivity (Wildman–Crippen MR) is 171 cm³/mol. The Morgan fingerprint density at radius 1 is 0.844 bits per heavy atom. The number of nitrogens with one attached hydrogen (secondary N) is 2. The monoisotopic (exact) mass is 602 g/mol. The minimum absolute atomic E-state index is 0.0573. The number of aromatic amines is 2. The van der Waals surface area contributed by atoms with E-state index in [4.69, 9.17) is 9.97 Å². The molecule has 1 spiro atoms. The molecule has 4 atom stereocenters. The molecule has 3 aromatic carbocycles. The van der Waals surface area contributed by atoms with Crippen LogP contribution in [0.5, 0.6) is 0 Å². The molecular formula is C37H36F2N6. The van der Waals surface area contributed by atoms with E-state index in [1.54, 1.807) is 18.3 Å². The van der Waals surface area contributed by atoms with Crippen LogP contribution in [0, 0.1) is 11.3 Å². The molecule has 2 aliphatic heterocycles. The molecule has 10 rings (SSSR count). The number of alkyl halides is 2. The molecule has 2 saturated carbocycles. The van der Waals surface area contributed by atoms with Gasteiger partial charge in [0.25, 0.3) is 5.92 Å². The zero-order valence-electron chi connectivity index (χ0n) is 25.6. The fourth-order valence-electron chi connectivity index (χ4n) is 9.31. The summed E-state index contributed by atoms with van der Waals surface area (Å²) >= 11 is 0. The van der Waals surface area contributed by atoms with Gasteiger partial charge in [0, 0.05) is 29.3 Å². The van der Waals surface area contributed by atoms with Crippen molar-refractivity contribution in [3.63, 3.8) is 0 Å². The highest BCUT2D eigenvalue weighted by Crippen LogP contribution is 2.58. The van der Waals surface area contributed by atoms with Crippen molar-refractivity contribution < 1.29 is 8.78 Å². The number of likely N-dealkylation sites (tertiary alicyclic amines) is 2. The van der Waals surface area contributed by atoms with E-state index in [0.29, 0.717) is 34.5 Å². The summed E-state index contributed by atoms with van der Waals surface area (Å²) in [4.78, 5) is 21.6. The Morgan fingerprint density at radius 3 is 2.31 bits per heavy atom. The highest BCUT2D eigenvalue weighted by molar-refractivity contribution is 5.86. The Hall–Kier alpha value is -3.88. The highest BCUT2D eigenvalue weighted by Gasteiger charge is 2.52. The van der Waals surface area contributed by atoms with Crippen LogP contribution in [-0.2, 0) is 5.92 Å². The molecule has 5 aromatic rings. The van der Waals surface area contributed by atoms with E-state index >= 15 is 8.78 Å². The SMILES string of the molecule is CN1CC2(CC2)CC1c1ncc(-c2ccc3c(c2)C(F)(F)c2cc(-c4ccc5nc(C6C7CCC(C7)N6C)[nH]c5c4)ccc2-3)[nH]1. The molecule has 4 unspecified atom stereocenters. The van der Waals surface area contributed by atoms with Gasteiger partial charge in [-0.05, 0) is 110 Å². The smallest absolute Gasteiger partial charge is 0.299 e. The van der Waals surface area contributed by atoms with Crippen LogP contribution in [0.25, 0.3) is 44.5 Å². The van der Waals surface area contributed by atoms with Gasteiger partial charge in [-0.2, -0.15) is 8.78 Å². The van der Waals surface area contributed by atoms with E-state index in [1.165, 1.54) is 32.1 Å². The average molecular weight is 603 g/mol. The molecule has 45 heavy (non-hydrogen) atoms. The minimum Gasteiger partial charge on any atom is -0.341 e. The third kappa shape index (κ3) is 3.78. The van der Waals surface area contributed by atoms with Crippen LogP contribution in [0.3, 0.4) is 0 Å². The molecule has 3 aliphatic carbocycles. The van der Waals surface area contributed by atoms with Crippen LogP contribution < -0.4 is 0 Å². The molecule has 8 heteroatoms. The maximum absolute atomic E-state index is 16.2. The third-order valence-electron chi connectivity index (χ3n) is 11.9. The van der Waals surface area contributed by atoms with Crippen LogP contribution >= 0.6 is 0 Å². The number of halogens is 2.